The number of hydrogen-bond donors (Lipinski definition) is 1. The fourth-order valence-corrected chi connectivity index (χ4v) is 3.98. The van der Waals surface area contributed by atoms with E-state index in [1.165, 1.54) is 11.8 Å². The van der Waals surface area contributed by atoms with Gasteiger partial charge in [-0.05, 0) is 24.6 Å². The predicted octanol–water partition coefficient (Wildman–Crippen LogP) is 4.13. The second kappa shape index (κ2) is 9.04. The molecule has 0 atom stereocenters. The Morgan fingerprint density at radius 2 is 2.00 bits per heavy atom. The molecule has 0 fully saturated rings. The zero-order chi connectivity index (χ0) is 20.9. The van der Waals surface area contributed by atoms with Crippen molar-refractivity contribution >= 4 is 28.6 Å². The largest absolute Gasteiger partial charge is 0.493 e. The molecule has 4 rings (SSSR count). The summed E-state index contributed by atoms with van der Waals surface area (Å²) in [6.45, 7) is 3.17. The number of thioether (sulfide) groups is 1. The van der Waals surface area contributed by atoms with Gasteiger partial charge in [-0.3, -0.25) is 9.36 Å². The zero-order valence-electron chi connectivity index (χ0n) is 16.8. The fourth-order valence-electron chi connectivity index (χ4n) is 3.15. The van der Waals surface area contributed by atoms with Crippen molar-refractivity contribution in [3.63, 3.8) is 0 Å². The maximum Gasteiger partial charge on any atom is 0.230 e. The van der Waals surface area contributed by atoms with Gasteiger partial charge in [0.2, 0.25) is 11.7 Å². The van der Waals surface area contributed by atoms with Crippen molar-refractivity contribution in [2.24, 2.45) is 0 Å². The maximum absolute atomic E-state index is 12.2. The number of carbonyl (C=O) groups is 1. The van der Waals surface area contributed by atoms with Gasteiger partial charge in [0.25, 0.3) is 0 Å². The van der Waals surface area contributed by atoms with E-state index >= 15 is 0 Å². The van der Waals surface area contributed by atoms with Crippen molar-refractivity contribution in [1.29, 1.82) is 0 Å². The Kier molecular flexibility index (Phi) is 6.04. The number of rotatable bonds is 8. The molecule has 0 aliphatic rings. The molecule has 0 saturated heterocycles. The molecule has 1 N–H and O–H groups in total. The number of amides is 1. The smallest absolute Gasteiger partial charge is 0.230 e. The molecule has 30 heavy (non-hydrogen) atoms. The predicted molar refractivity (Wildman–Crippen MR) is 116 cm³/mol. The lowest BCUT2D eigenvalue weighted by atomic mass is 10.2. The van der Waals surface area contributed by atoms with Crippen LogP contribution in [0.25, 0.3) is 22.6 Å². The van der Waals surface area contributed by atoms with Crippen LogP contribution in [0.4, 0.5) is 0 Å². The summed E-state index contributed by atoms with van der Waals surface area (Å²) < 4.78 is 13.3. The van der Waals surface area contributed by atoms with Gasteiger partial charge in [-0.25, -0.2) is 0 Å². The molecule has 154 valence electrons. The van der Waals surface area contributed by atoms with E-state index in [4.69, 9.17) is 9.15 Å². The number of methoxy groups -OCH3 is 1. The van der Waals surface area contributed by atoms with Crippen LogP contribution in [0.2, 0.25) is 0 Å². The van der Waals surface area contributed by atoms with Crippen LogP contribution in [-0.4, -0.2) is 33.5 Å². The molecule has 8 heteroatoms. The van der Waals surface area contributed by atoms with E-state index in [0.717, 1.165) is 10.9 Å². The number of ether oxygens (including phenoxy) is 1. The lowest BCUT2D eigenvalue weighted by Crippen LogP contribution is -2.24. The van der Waals surface area contributed by atoms with Crippen LogP contribution in [0.5, 0.6) is 5.75 Å². The zero-order valence-corrected chi connectivity index (χ0v) is 17.6. The van der Waals surface area contributed by atoms with Gasteiger partial charge < -0.3 is 14.5 Å². The monoisotopic (exact) mass is 422 g/mol. The van der Waals surface area contributed by atoms with Crippen LogP contribution in [0.1, 0.15) is 12.5 Å². The normalized spacial score (nSPS) is 11.0. The number of fused-ring (bicyclic) bond motifs is 1. The molecule has 2 heterocycles. The molecule has 0 aliphatic heterocycles. The Morgan fingerprint density at radius 3 is 2.77 bits per heavy atom. The molecule has 0 bridgehead atoms. The van der Waals surface area contributed by atoms with Gasteiger partial charge >= 0.3 is 0 Å². The van der Waals surface area contributed by atoms with E-state index in [2.05, 4.69) is 15.5 Å². The van der Waals surface area contributed by atoms with Crippen LogP contribution < -0.4 is 10.1 Å². The molecule has 0 spiro atoms. The van der Waals surface area contributed by atoms with Crippen LogP contribution in [0, 0.1) is 0 Å². The van der Waals surface area contributed by atoms with Gasteiger partial charge in [0.15, 0.2) is 22.2 Å². The van der Waals surface area contributed by atoms with Crippen molar-refractivity contribution in [3.05, 3.63) is 60.2 Å². The second-order valence-corrected chi connectivity index (χ2v) is 7.53. The minimum absolute atomic E-state index is 0.0514. The highest BCUT2D eigenvalue weighted by molar-refractivity contribution is 7.99. The minimum Gasteiger partial charge on any atom is -0.493 e. The van der Waals surface area contributed by atoms with Crippen LogP contribution >= 0.6 is 11.8 Å². The van der Waals surface area contributed by atoms with Crippen LogP contribution in [0.15, 0.2) is 64.2 Å². The Balaban J connectivity index is 1.47. The topological polar surface area (TPSA) is 82.2 Å². The third-order valence-corrected chi connectivity index (χ3v) is 5.61. The summed E-state index contributed by atoms with van der Waals surface area (Å²) >= 11 is 1.36. The Labute approximate surface area is 178 Å². The molecule has 1 amide bonds. The van der Waals surface area contributed by atoms with Crippen molar-refractivity contribution < 1.29 is 13.9 Å². The number of benzene rings is 2. The molecule has 0 saturated carbocycles. The van der Waals surface area contributed by atoms with E-state index in [1.807, 2.05) is 66.1 Å². The van der Waals surface area contributed by atoms with Crippen LogP contribution in [-0.2, 0) is 17.9 Å². The molecule has 0 unspecified atom stereocenters. The number of aromatic nitrogens is 3. The molecule has 0 aliphatic carbocycles. The van der Waals surface area contributed by atoms with Gasteiger partial charge in [-0.15, -0.1) is 10.2 Å². The standard InChI is InChI=1S/C22H22N4O3S/c1-3-26-21(18-12-16-10-7-11-17(28-2)20(16)29-18)24-25-22(26)30-14-19(27)23-13-15-8-5-4-6-9-15/h4-12H,3,13-14H2,1-2H3,(H,23,27). The quantitative estimate of drug-likeness (QED) is 0.430. The first-order valence-corrected chi connectivity index (χ1v) is 10.6. The summed E-state index contributed by atoms with van der Waals surface area (Å²) in [6, 6.07) is 17.5. The van der Waals surface area contributed by atoms with Crippen LogP contribution in [0.3, 0.4) is 0 Å². The van der Waals surface area contributed by atoms with E-state index in [-0.39, 0.29) is 11.7 Å². The van der Waals surface area contributed by atoms with Crippen molar-refractivity contribution in [1.82, 2.24) is 20.1 Å². The second-order valence-electron chi connectivity index (χ2n) is 6.59. The number of nitrogens with one attached hydrogen (secondary N) is 1. The number of nitrogens with zero attached hydrogens (tertiary/aromatic N) is 3. The summed E-state index contributed by atoms with van der Waals surface area (Å²) in [7, 11) is 1.61. The Bertz CT molecular complexity index is 1150. The number of hydrogen-bond acceptors (Lipinski definition) is 6. The van der Waals surface area contributed by atoms with Crippen molar-refractivity contribution in [3.8, 4) is 17.3 Å². The van der Waals surface area contributed by atoms with Gasteiger partial charge in [0.05, 0.1) is 12.9 Å². The first-order valence-electron chi connectivity index (χ1n) is 9.63. The summed E-state index contributed by atoms with van der Waals surface area (Å²) in [5.74, 6) is 2.13. The highest BCUT2D eigenvalue weighted by atomic mass is 32.2. The summed E-state index contributed by atoms with van der Waals surface area (Å²) in [5, 5.41) is 13.1. The molecular formula is C22H22N4O3S. The number of furan rings is 1. The summed E-state index contributed by atoms with van der Waals surface area (Å²) in [5.41, 5.74) is 1.74. The molecular weight excluding hydrogens is 400 g/mol. The Hall–Kier alpha value is -3.26. The van der Waals surface area contributed by atoms with Crippen molar-refractivity contribution in [2.45, 2.75) is 25.2 Å². The summed E-state index contributed by atoms with van der Waals surface area (Å²) in [6.07, 6.45) is 0. The third-order valence-electron chi connectivity index (χ3n) is 4.65. The fraction of sp³-hybridized carbons (Fsp3) is 0.227. The first kappa shape index (κ1) is 20.0. The van der Waals surface area contributed by atoms with E-state index in [0.29, 0.717) is 41.2 Å². The molecule has 2 aromatic heterocycles. The maximum atomic E-state index is 12.2. The van der Waals surface area contributed by atoms with E-state index < -0.39 is 0 Å². The van der Waals surface area contributed by atoms with Crippen molar-refractivity contribution in [2.75, 3.05) is 12.9 Å². The molecule has 2 aromatic carbocycles. The molecule has 0 radical (unpaired) electrons. The van der Waals surface area contributed by atoms with Gasteiger partial charge in [-0.2, -0.15) is 0 Å². The third kappa shape index (κ3) is 4.18. The van der Waals surface area contributed by atoms with Gasteiger partial charge in [-0.1, -0.05) is 54.2 Å². The number of carbonyl (C=O) groups excluding carboxylic acids is 1. The Morgan fingerprint density at radius 1 is 1.17 bits per heavy atom. The highest BCUT2D eigenvalue weighted by Crippen LogP contribution is 2.33. The summed E-state index contributed by atoms with van der Waals surface area (Å²) in [4.78, 5) is 12.2. The van der Waals surface area contributed by atoms with Gasteiger partial charge in [0, 0.05) is 18.5 Å². The van der Waals surface area contributed by atoms with E-state index in [9.17, 15) is 4.79 Å². The van der Waals surface area contributed by atoms with E-state index in [1.54, 1.807) is 7.11 Å². The lowest BCUT2D eigenvalue weighted by Gasteiger charge is -2.07. The molecule has 4 aromatic rings. The number of para-hydroxylation sites is 1. The average molecular weight is 423 g/mol. The highest BCUT2D eigenvalue weighted by Gasteiger charge is 2.19. The first-order chi connectivity index (χ1) is 14.7. The van der Waals surface area contributed by atoms with Gasteiger partial charge in [0.1, 0.15) is 0 Å². The SMILES string of the molecule is CCn1c(SCC(=O)NCc2ccccc2)nnc1-c1cc2cccc(OC)c2o1. The minimum atomic E-state index is -0.0514. The lowest BCUT2D eigenvalue weighted by molar-refractivity contribution is -0.118. The average Bonchev–Trinajstić information content (AvgIpc) is 3.40. The molecule has 7 nitrogen and oxygen atoms in total.